The third-order valence-corrected chi connectivity index (χ3v) is 4.93. The molecule has 0 radical (unpaired) electrons. The molecule has 0 aromatic heterocycles. The smallest absolute Gasteiger partial charge is 0.164 e. The second-order valence-electron chi connectivity index (χ2n) is 7.31. The third-order valence-electron chi connectivity index (χ3n) is 4.93. The first-order chi connectivity index (χ1) is 12.5. The van der Waals surface area contributed by atoms with Gasteiger partial charge in [0.25, 0.3) is 0 Å². The highest BCUT2D eigenvalue weighted by atomic mass is 16.5. The number of hydrogen-bond acceptors (Lipinski definition) is 6. The third kappa shape index (κ3) is 5.25. The van der Waals surface area contributed by atoms with Gasteiger partial charge in [0.05, 0.1) is 21.3 Å². The zero-order valence-corrected chi connectivity index (χ0v) is 16.8. The van der Waals surface area contributed by atoms with Crippen LogP contribution in [-0.2, 0) is 6.54 Å². The van der Waals surface area contributed by atoms with Crippen molar-refractivity contribution in [3.05, 3.63) is 17.7 Å². The summed E-state index contributed by atoms with van der Waals surface area (Å²) < 4.78 is 16.4. The molecule has 1 unspecified atom stereocenters. The standard InChI is InChI=1S/C20H34N2O4/c1-15(2)12-22-8-7-21(14-17(22)6-9-23)13-16-10-19(25-4)20(26-5)11-18(16)24-3/h10-11,15,17,23H,6-9,12-14H2,1-5H3. The Kier molecular flexibility index (Phi) is 8.00. The van der Waals surface area contributed by atoms with Gasteiger partial charge in [-0.25, -0.2) is 0 Å². The van der Waals surface area contributed by atoms with Crippen LogP contribution in [0.1, 0.15) is 25.8 Å². The maximum atomic E-state index is 9.46. The highest BCUT2D eigenvalue weighted by molar-refractivity contribution is 5.50. The van der Waals surface area contributed by atoms with Gasteiger partial charge < -0.3 is 19.3 Å². The van der Waals surface area contributed by atoms with E-state index < -0.39 is 0 Å². The zero-order chi connectivity index (χ0) is 19.1. The molecule has 148 valence electrons. The Hall–Kier alpha value is -1.50. The number of nitrogens with zero attached hydrogens (tertiary/aromatic N) is 2. The molecule has 1 aliphatic heterocycles. The Morgan fingerprint density at radius 2 is 1.69 bits per heavy atom. The Balaban J connectivity index is 2.13. The van der Waals surface area contributed by atoms with Gasteiger partial charge in [-0.15, -0.1) is 0 Å². The zero-order valence-electron chi connectivity index (χ0n) is 16.8. The number of piperazine rings is 1. The predicted octanol–water partition coefficient (Wildman–Crippen LogP) is 2.24. The lowest BCUT2D eigenvalue weighted by Crippen LogP contribution is -2.53. The maximum Gasteiger partial charge on any atom is 0.164 e. The van der Waals surface area contributed by atoms with Gasteiger partial charge in [0.15, 0.2) is 11.5 Å². The molecule has 26 heavy (non-hydrogen) atoms. The average Bonchev–Trinajstić information content (AvgIpc) is 2.63. The van der Waals surface area contributed by atoms with Crippen LogP contribution in [0.25, 0.3) is 0 Å². The van der Waals surface area contributed by atoms with Crippen LogP contribution in [0.3, 0.4) is 0 Å². The molecule has 1 saturated heterocycles. The Bertz CT molecular complexity index is 565. The molecular weight excluding hydrogens is 332 g/mol. The summed E-state index contributed by atoms with van der Waals surface area (Å²) in [7, 11) is 4.96. The van der Waals surface area contributed by atoms with E-state index in [1.807, 2.05) is 12.1 Å². The van der Waals surface area contributed by atoms with Gasteiger partial charge in [0, 0.05) is 57.0 Å². The van der Waals surface area contributed by atoms with E-state index in [-0.39, 0.29) is 6.61 Å². The van der Waals surface area contributed by atoms with Gasteiger partial charge in [-0.3, -0.25) is 9.80 Å². The van der Waals surface area contributed by atoms with Gasteiger partial charge in [-0.2, -0.15) is 0 Å². The molecule has 0 bridgehead atoms. The quantitative estimate of drug-likeness (QED) is 0.723. The molecule has 0 aliphatic carbocycles. The van der Waals surface area contributed by atoms with Crippen LogP contribution < -0.4 is 14.2 Å². The van der Waals surface area contributed by atoms with E-state index in [9.17, 15) is 5.11 Å². The number of methoxy groups -OCH3 is 3. The summed E-state index contributed by atoms with van der Waals surface area (Å²) in [6.45, 7) is 9.58. The van der Waals surface area contributed by atoms with Crippen molar-refractivity contribution in [2.45, 2.75) is 32.9 Å². The lowest BCUT2D eigenvalue weighted by Gasteiger charge is -2.42. The number of benzene rings is 1. The lowest BCUT2D eigenvalue weighted by molar-refractivity contribution is 0.0473. The second-order valence-corrected chi connectivity index (χ2v) is 7.31. The normalized spacial score (nSPS) is 19.0. The summed E-state index contributed by atoms with van der Waals surface area (Å²) in [4.78, 5) is 4.95. The van der Waals surface area contributed by atoms with E-state index in [4.69, 9.17) is 14.2 Å². The van der Waals surface area contributed by atoms with Gasteiger partial charge in [0.1, 0.15) is 5.75 Å². The van der Waals surface area contributed by atoms with E-state index in [1.165, 1.54) is 0 Å². The van der Waals surface area contributed by atoms with Crippen LogP contribution in [-0.4, -0.2) is 75.1 Å². The highest BCUT2D eigenvalue weighted by Crippen LogP contribution is 2.35. The largest absolute Gasteiger partial charge is 0.496 e. The fourth-order valence-electron chi connectivity index (χ4n) is 3.69. The number of hydrogen-bond donors (Lipinski definition) is 1. The van der Waals surface area contributed by atoms with Crippen LogP contribution in [0.2, 0.25) is 0 Å². The van der Waals surface area contributed by atoms with Gasteiger partial charge in [0.2, 0.25) is 0 Å². The van der Waals surface area contributed by atoms with Crippen molar-refractivity contribution >= 4 is 0 Å². The van der Waals surface area contributed by atoms with E-state index in [0.29, 0.717) is 23.5 Å². The topological polar surface area (TPSA) is 54.4 Å². The first-order valence-corrected chi connectivity index (χ1v) is 9.38. The Morgan fingerprint density at radius 1 is 1.04 bits per heavy atom. The van der Waals surface area contributed by atoms with Crippen molar-refractivity contribution < 1.29 is 19.3 Å². The van der Waals surface area contributed by atoms with Crippen LogP contribution in [0.15, 0.2) is 12.1 Å². The molecule has 6 heteroatoms. The minimum atomic E-state index is 0.229. The Morgan fingerprint density at radius 3 is 2.27 bits per heavy atom. The van der Waals surface area contributed by atoms with E-state index in [2.05, 4.69) is 23.6 Å². The highest BCUT2D eigenvalue weighted by Gasteiger charge is 2.27. The summed E-state index contributed by atoms with van der Waals surface area (Å²) in [5.41, 5.74) is 1.09. The molecule has 1 N–H and O–H groups in total. The second kappa shape index (κ2) is 10.00. The fraction of sp³-hybridized carbons (Fsp3) is 0.700. The first kappa shape index (κ1) is 20.8. The monoisotopic (exact) mass is 366 g/mol. The van der Waals surface area contributed by atoms with Crippen molar-refractivity contribution in [3.63, 3.8) is 0 Å². The molecule has 0 amide bonds. The van der Waals surface area contributed by atoms with Gasteiger partial charge in [-0.05, 0) is 18.4 Å². The van der Waals surface area contributed by atoms with Crippen LogP contribution >= 0.6 is 0 Å². The first-order valence-electron chi connectivity index (χ1n) is 9.38. The van der Waals surface area contributed by atoms with E-state index in [1.54, 1.807) is 21.3 Å². The van der Waals surface area contributed by atoms with Gasteiger partial charge >= 0.3 is 0 Å². The molecule has 0 saturated carbocycles. The summed E-state index contributed by atoms with van der Waals surface area (Å²) in [5, 5.41) is 9.46. The van der Waals surface area contributed by atoms with E-state index in [0.717, 1.165) is 50.5 Å². The molecule has 1 heterocycles. The molecule has 1 aromatic rings. The number of aliphatic hydroxyl groups is 1. The van der Waals surface area contributed by atoms with Crippen LogP contribution in [0.4, 0.5) is 0 Å². The predicted molar refractivity (Wildman–Crippen MR) is 103 cm³/mol. The molecule has 1 atom stereocenters. The molecule has 2 rings (SSSR count). The molecule has 1 fully saturated rings. The fourth-order valence-corrected chi connectivity index (χ4v) is 3.69. The van der Waals surface area contributed by atoms with Crippen LogP contribution in [0, 0.1) is 5.92 Å². The maximum absolute atomic E-state index is 9.46. The van der Waals surface area contributed by atoms with Gasteiger partial charge in [-0.1, -0.05) is 13.8 Å². The summed E-state index contributed by atoms with van der Waals surface area (Å²) >= 11 is 0. The SMILES string of the molecule is COc1cc(OC)c(OC)cc1CN1CCN(CC(C)C)C(CCO)C1. The minimum Gasteiger partial charge on any atom is -0.496 e. The van der Waals surface area contributed by atoms with Crippen molar-refractivity contribution in [1.82, 2.24) is 9.80 Å². The molecule has 0 spiro atoms. The average molecular weight is 367 g/mol. The van der Waals surface area contributed by atoms with Crippen LogP contribution in [0.5, 0.6) is 17.2 Å². The summed E-state index contributed by atoms with van der Waals surface area (Å²) in [6.07, 6.45) is 0.812. The van der Waals surface area contributed by atoms with Crippen molar-refractivity contribution in [2.75, 3.05) is 54.1 Å². The summed E-state index contributed by atoms with van der Waals surface area (Å²) in [6, 6.07) is 4.27. The molecule has 1 aromatic carbocycles. The lowest BCUT2D eigenvalue weighted by atomic mass is 10.0. The number of ether oxygens (including phenoxy) is 3. The minimum absolute atomic E-state index is 0.229. The molecule has 1 aliphatic rings. The molecular formula is C20H34N2O4. The van der Waals surface area contributed by atoms with E-state index >= 15 is 0 Å². The molecule has 6 nitrogen and oxygen atoms in total. The Labute approximate surface area is 157 Å². The van der Waals surface area contributed by atoms with Crippen molar-refractivity contribution in [2.24, 2.45) is 5.92 Å². The van der Waals surface area contributed by atoms with Crippen molar-refractivity contribution in [1.29, 1.82) is 0 Å². The summed E-state index contributed by atoms with van der Waals surface area (Å²) in [5.74, 6) is 2.83. The van der Waals surface area contributed by atoms with Crippen molar-refractivity contribution in [3.8, 4) is 17.2 Å². The number of rotatable bonds is 9. The number of aliphatic hydroxyl groups excluding tert-OH is 1.